The van der Waals surface area contributed by atoms with Crippen molar-refractivity contribution in [2.24, 2.45) is 5.18 Å². The quantitative estimate of drug-likeness (QED) is 0.675. The van der Waals surface area contributed by atoms with E-state index in [1.54, 1.807) is 4.40 Å². The van der Waals surface area contributed by atoms with Gasteiger partial charge in [0.1, 0.15) is 11.3 Å². The Bertz CT molecular complexity index is 870. The molecule has 3 heterocycles. The van der Waals surface area contributed by atoms with Crippen LogP contribution in [0.4, 0.5) is 5.82 Å². The van der Waals surface area contributed by atoms with Crippen molar-refractivity contribution in [2.75, 3.05) is 6.79 Å². The molecule has 0 saturated heterocycles. The zero-order valence-corrected chi connectivity index (χ0v) is 11.2. The van der Waals surface area contributed by atoms with Crippen LogP contribution in [0.3, 0.4) is 0 Å². The van der Waals surface area contributed by atoms with Crippen LogP contribution in [-0.2, 0) is 0 Å². The number of benzene rings is 1. The van der Waals surface area contributed by atoms with Crippen molar-refractivity contribution in [3.63, 3.8) is 0 Å². The van der Waals surface area contributed by atoms with Gasteiger partial charge >= 0.3 is 0 Å². The van der Waals surface area contributed by atoms with Gasteiger partial charge in [-0.2, -0.15) is 0 Å². The summed E-state index contributed by atoms with van der Waals surface area (Å²) in [6.07, 6.45) is 1.84. The SMILES string of the molecule is Cc1ccc2nc(-c3ccc4c(c3)OCO4)c(N=O)n2c1. The van der Waals surface area contributed by atoms with Crippen LogP contribution in [0.2, 0.25) is 0 Å². The topological polar surface area (TPSA) is 65.2 Å². The Morgan fingerprint density at radius 2 is 2.05 bits per heavy atom. The molecule has 0 spiro atoms. The van der Waals surface area contributed by atoms with E-state index in [9.17, 15) is 4.91 Å². The molecule has 104 valence electrons. The first kappa shape index (κ1) is 11.9. The second-order valence-electron chi connectivity index (χ2n) is 4.88. The predicted molar refractivity (Wildman–Crippen MR) is 76.9 cm³/mol. The third-order valence-electron chi connectivity index (χ3n) is 3.47. The van der Waals surface area contributed by atoms with Gasteiger partial charge in [-0.1, -0.05) is 6.07 Å². The normalized spacial score (nSPS) is 12.8. The predicted octanol–water partition coefficient (Wildman–Crippen LogP) is 3.44. The van der Waals surface area contributed by atoms with Crippen LogP contribution in [0.25, 0.3) is 16.9 Å². The number of nitrogens with zero attached hydrogens (tertiary/aromatic N) is 3. The third-order valence-corrected chi connectivity index (χ3v) is 3.47. The number of aryl methyl sites for hydroxylation is 1. The minimum Gasteiger partial charge on any atom is -0.454 e. The molecular weight excluding hydrogens is 270 g/mol. The van der Waals surface area contributed by atoms with Gasteiger partial charge in [-0.25, -0.2) is 4.98 Å². The van der Waals surface area contributed by atoms with Gasteiger partial charge in [0.25, 0.3) is 0 Å². The smallest absolute Gasteiger partial charge is 0.231 e. The lowest BCUT2D eigenvalue weighted by molar-refractivity contribution is 0.174. The first-order valence-electron chi connectivity index (χ1n) is 6.48. The van der Waals surface area contributed by atoms with Crippen molar-refractivity contribution in [1.82, 2.24) is 9.38 Å². The molecule has 0 N–H and O–H groups in total. The maximum Gasteiger partial charge on any atom is 0.231 e. The minimum atomic E-state index is 0.210. The van der Waals surface area contributed by atoms with Crippen molar-refractivity contribution >= 4 is 11.5 Å². The number of nitroso groups, excluding NO2 is 1. The van der Waals surface area contributed by atoms with Crippen LogP contribution >= 0.6 is 0 Å². The Morgan fingerprint density at radius 1 is 1.19 bits per heavy atom. The molecule has 6 heteroatoms. The summed E-state index contributed by atoms with van der Waals surface area (Å²) in [6, 6.07) is 9.27. The van der Waals surface area contributed by atoms with Crippen LogP contribution in [0, 0.1) is 11.8 Å². The summed E-state index contributed by atoms with van der Waals surface area (Å²) in [5.41, 5.74) is 3.02. The Balaban J connectivity index is 1.95. The Morgan fingerprint density at radius 3 is 2.90 bits per heavy atom. The molecule has 21 heavy (non-hydrogen) atoms. The molecule has 6 nitrogen and oxygen atoms in total. The van der Waals surface area contributed by atoms with Gasteiger partial charge in [-0.05, 0) is 41.9 Å². The number of hydrogen-bond acceptors (Lipinski definition) is 5. The number of imidazole rings is 1. The van der Waals surface area contributed by atoms with E-state index in [2.05, 4.69) is 10.2 Å². The third kappa shape index (κ3) is 1.76. The minimum absolute atomic E-state index is 0.210. The zero-order chi connectivity index (χ0) is 14.4. The summed E-state index contributed by atoms with van der Waals surface area (Å²) in [7, 11) is 0. The molecule has 0 bridgehead atoms. The molecule has 0 radical (unpaired) electrons. The highest BCUT2D eigenvalue weighted by Crippen LogP contribution is 2.38. The van der Waals surface area contributed by atoms with E-state index >= 15 is 0 Å². The van der Waals surface area contributed by atoms with Gasteiger partial charge in [0, 0.05) is 11.8 Å². The molecule has 0 atom stereocenters. The van der Waals surface area contributed by atoms with Crippen LogP contribution in [-0.4, -0.2) is 16.2 Å². The van der Waals surface area contributed by atoms with Gasteiger partial charge in [0.05, 0.1) is 0 Å². The summed E-state index contributed by atoms with van der Waals surface area (Å²) >= 11 is 0. The number of pyridine rings is 1. The van der Waals surface area contributed by atoms with Gasteiger partial charge in [-0.15, -0.1) is 4.91 Å². The van der Waals surface area contributed by atoms with E-state index in [0.717, 1.165) is 11.1 Å². The molecule has 1 aliphatic heterocycles. The largest absolute Gasteiger partial charge is 0.454 e. The van der Waals surface area contributed by atoms with E-state index in [-0.39, 0.29) is 12.6 Å². The van der Waals surface area contributed by atoms with E-state index in [1.807, 2.05) is 43.5 Å². The maximum atomic E-state index is 11.3. The lowest BCUT2D eigenvalue weighted by atomic mass is 10.1. The maximum absolute atomic E-state index is 11.3. The van der Waals surface area contributed by atoms with Crippen LogP contribution in [0.1, 0.15) is 5.56 Å². The van der Waals surface area contributed by atoms with E-state index in [4.69, 9.17) is 9.47 Å². The molecule has 0 fully saturated rings. The Hall–Kier alpha value is -2.89. The first-order chi connectivity index (χ1) is 10.3. The molecule has 4 rings (SSSR count). The fourth-order valence-electron chi connectivity index (χ4n) is 2.46. The Kier molecular flexibility index (Phi) is 2.44. The molecular formula is C15H11N3O3. The van der Waals surface area contributed by atoms with Gasteiger partial charge < -0.3 is 9.47 Å². The van der Waals surface area contributed by atoms with Gasteiger partial charge in [0.15, 0.2) is 11.5 Å². The lowest BCUT2D eigenvalue weighted by Gasteiger charge is -2.00. The highest BCUT2D eigenvalue weighted by Gasteiger charge is 2.19. The van der Waals surface area contributed by atoms with Crippen molar-refractivity contribution in [1.29, 1.82) is 0 Å². The fourth-order valence-corrected chi connectivity index (χ4v) is 2.46. The highest BCUT2D eigenvalue weighted by molar-refractivity contribution is 5.76. The number of hydrogen-bond donors (Lipinski definition) is 0. The molecule has 1 aromatic carbocycles. The summed E-state index contributed by atoms with van der Waals surface area (Å²) < 4.78 is 12.3. The second-order valence-corrected chi connectivity index (χ2v) is 4.88. The van der Waals surface area contributed by atoms with E-state index in [1.165, 1.54) is 0 Å². The number of fused-ring (bicyclic) bond motifs is 2. The molecule has 3 aromatic rings. The van der Waals surface area contributed by atoms with Gasteiger partial charge in [-0.3, -0.25) is 4.40 Å². The van der Waals surface area contributed by atoms with Crippen molar-refractivity contribution in [3.8, 4) is 22.8 Å². The molecule has 0 unspecified atom stereocenters. The molecule has 2 aromatic heterocycles. The summed E-state index contributed by atoms with van der Waals surface area (Å²) in [4.78, 5) is 15.7. The fraction of sp³-hybridized carbons (Fsp3) is 0.133. The number of ether oxygens (including phenoxy) is 2. The standard InChI is InChI=1S/C15H11N3O3/c1-9-2-5-13-16-14(15(17-19)18(13)7-9)10-3-4-11-12(6-10)21-8-20-11/h2-7H,8H2,1H3. The molecule has 0 saturated carbocycles. The molecule has 0 amide bonds. The summed E-state index contributed by atoms with van der Waals surface area (Å²) in [6.45, 7) is 2.16. The summed E-state index contributed by atoms with van der Waals surface area (Å²) in [5.74, 6) is 1.63. The first-order valence-corrected chi connectivity index (χ1v) is 6.48. The zero-order valence-electron chi connectivity index (χ0n) is 11.2. The number of aromatic nitrogens is 2. The van der Waals surface area contributed by atoms with Crippen LogP contribution < -0.4 is 9.47 Å². The second kappa shape index (κ2) is 4.31. The van der Waals surface area contributed by atoms with E-state index in [0.29, 0.717) is 22.8 Å². The van der Waals surface area contributed by atoms with Crippen LogP contribution in [0.5, 0.6) is 11.5 Å². The van der Waals surface area contributed by atoms with Crippen molar-refractivity contribution < 1.29 is 9.47 Å². The Labute approximate surface area is 119 Å². The van der Waals surface area contributed by atoms with Crippen molar-refractivity contribution in [3.05, 3.63) is 47.0 Å². The average molecular weight is 281 g/mol. The van der Waals surface area contributed by atoms with Crippen molar-refractivity contribution in [2.45, 2.75) is 6.92 Å². The molecule has 0 aliphatic carbocycles. The lowest BCUT2D eigenvalue weighted by Crippen LogP contribution is -1.92. The van der Waals surface area contributed by atoms with Crippen LogP contribution in [0.15, 0.2) is 41.7 Å². The summed E-state index contributed by atoms with van der Waals surface area (Å²) in [5, 5.41) is 3.15. The average Bonchev–Trinajstić information content (AvgIpc) is 3.09. The van der Waals surface area contributed by atoms with Gasteiger partial charge in [0.2, 0.25) is 12.6 Å². The number of rotatable bonds is 2. The van der Waals surface area contributed by atoms with E-state index < -0.39 is 0 Å². The molecule has 1 aliphatic rings. The highest BCUT2D eigenvalue weighted by atomic mass is 16.7. The monoisotopic (exact) mass is 281 g/mol.